The molecule has 2 heteroatoms. The van der Waals surface area contributed by atoms with E-state index in [0.717, 1.165) is 31.2 Å². The van der Waals surface area contributed by atoms with Crippen molar-refractivity contribution in [2.45, 2.75) is 53.1 Å². The predicted octanol–water partition coefficient (Wildman–Crippen LogP) is 4.56. The standard InChI is InChI=1S/C14H21NO.C4H10/c1-11(2)13-6-4-5-7-14(13)16-12-8-9-15(3)10-12;1-4(2)3/h4-7,11-12H,8-10H2,1-3H3;4H,1-3H3. The van der Waals surface area contributed by atoms with Crippen LogP contribution in [0.4, 0.5) is 0 Å². The molecule has 0 bridgehead atoms. The Kier molecular flexibility index (Phi) is 7.08. The second kappa shape index (κ2) is 8.31. The number of hydrogen-bond donors (Lipinski definition) is 0. The Hall–Kier alpha value is -1.02. The van der Waals surface area contributed by atoms with E-state index in [4.69, 9.17) is 4.74 Å². The van der Waals surface area contributed by atoms with Crippen molar-refractivity contribution in [2.75, 3.05) is 20.1 Å². The third kappa shape index (κ3) is 5.96. The van der Waals surface area contributed by atoms with Gasteiger partial charge in [0.15, 0.2) is 0 Å². The molecule has 0 saturated carbocycles. The van der Waals surface area contributed by atoms with Gasteiger partial charge in [0.1, 0.15) is 11.9 Å². The lowest BCUT2D eigenvalue weighted by Crippen LogP contribution is -2.21. The lowest BCUT2D eigenvalue weighted by molar-refractivity contribution is 0.205. The van der Waals surface area contributed by atoms with Gasteiger partial charge in [0, 0.05) is 13.1 Å². The first-order valence-electron chi connectivity index (χ1n) is 7.84. The zero-order valence-electron chi connectivity index (χ0n) is 14.0. The molecular formula is C18H31NO. The van der Waals surface area contributed by atoms with E-state index in [1.807, 2.05) is 0 Å². The molecule has 0 radical (unpaired) electrons. The summed E-state index contributed by atoms with van der Waals surface area (Å²) in [6.45, 7) is 13.1. The second-order valence-corrected chi connectivity index (χ2v) is 6.72. The maximum absolute atomic E-state index is 6.10. The molecule has 1 aromatic rings. The molecule has 1 fully saturated rings. The third-order valence-corrected chi connectivity index (χ3v) is 3.18. The number of likely N-dealkylation sites (tertiary alicyclic amines) is 1. The molecule has 1 saturated heterocycles. The van der Waals surface area contributed by atoms with Crippen molar-refractivity contribution in [3.63, 3.8) is 0 Å². The molecule has 20 heavy (non-hydrogen) atoms. The molecule has 1 heterocycles. The van der Waals surface area contributed by atoms with Gasteiger partial charge in [-0.05, 0) is 36.9 Å². The summed E-state index contributed by atoms with van der Waals surface area (Å²) >= 11 is 0. The van der Waals surface area contributed by atoms with Crippen molar-refractivity contribution < 1.29 is 4.74 Å². The Labute approximate surface area is 125 Å². The lowest BCUT2D eigenvalue weighted by Gasteiger charge is -2.18. The Morgan fingerprint density at radius 2 is 1.70 bits per heavy atom. The van der Waals surface area contributed by atoms with Gasteiger partial charge in [-0.2, -0.15) is 0 Å². The van der Waals surface area contributed by atoms with Gasteiger partial charge >= 0.3 is 0 Å². The van der Waals surface area contributed by atoms with Crippen LogP contribution in [0.5, 0.6) is 5.75 Å². The van der Waals surface area contributed by atoms with Crippen LogP contribution in [-0.4, -0.2) is 31.1 Å². The maximum atomic E-state index is 6.10. The maximum Gasteiger partial charge on any atom is 0.123 e. The number of likely N-dealkylation sites (N-methyl/N-ethyl adjacent to an activating group) is 1. The topological polar surface area (TPSA) is 12.5 Å². The molecule has 0 spiro atoms. The zero-order valence-corrected chi connectivity index (χ0v) is 14.0. The van der Waals surface area contributed by atoms with Crippen molar-refractivity contribution in [3.8, 4) is 5.75 Å². The number of nitrogens with zero attached hydrogens (tertiary/aromatic N) is 1. The van der Waals surface area contributed by atoms with Gasteiger partial charge in [0.2, 0.25) is 0 Å². The van der Waals surface area contributed by atoms with Gasteiger partial charge in [-0.3, -0.25) is 0 Å². The molecule has 1 unspecified atom stereocenters. The van der Waals surface area contributed by atoms with Gasteiger partial charge in [-0.15, -0.1) is 0 Å². The molecule has 0 amide bonds. The van der Waals surface area contributed by atoms with Crippen LogP contribution in [-0.2, 0) is 0 Å². The molecule has 2 nitrogen and oxygen atoms in total. The van der Waals surface area contributed by atoms with Crippen molar-refractivity contribution in [1.29, 1.82) is 0 Å². The Balaban J connectivity index is 0.000000444. The fourth-order valence-corrected chi connectivity index (χ4v) is 2.24. The summed E-state index contributed by atoms with van der Waals surface area (Å²) in [6, 6.07) is 8.40. The summed E-state index contributed by atoms with van der Waals surface area (Å²) in [7, 11) is 2.15. The second-order valence-electron chi connectivity index (χ2n) is 6.72. The van der Waals surface area contributed by atoms with Crippen LogP contribution in [0, 0.1) is 5.92 Å². The molecule has 1 aromatic carbocycles. The number of benzene rings is 1. The number of rotatable bonds is 3. The Bertz CT molecular complexity index is 384. The van der Waals surface area contributed by atoms with Crippen molar-refractivity contribution in [1.82, 2.24) is 4.90 Å². The zero-order chi connectivity index (χ0) is 15.1. The molecule has 114 valence electrons. The SMILES string of the molecule is CC(C)C.CC(C)c1ccccc1OC1CCN(C)C1. The van der Waals surface area contributed by atoms with Crippen LogP contribution in [0.2, 0.25) is 0 Å². The fraction of sp³-hybridized carbons (Fsp3) is 0.667. The highest BCUT2D eigenvalue weighted by atomic mass is 16.5. The van der Waals surface area contributed by atoms with E-state index in [1.165, 1.54) is 5.56 Å². The molecule has 1 aliphatic rings. The van der Waals surface area contributed by atoms with Crippen LogP contribution < -0.4 is 4.74 Å². The summed E-state index contributed by atoms with van der Waals surface area (Å²) in [5, 5.41) is 0. The van der Waals surface area contributed by atoms with Gasteiger partial charge in [-0.1, -0.05) is 52.8 Å². The Morgan fingerprint density at radius 1 is 1.10 bits per heavy atom. The van der Waals surface area contributed by atoms with Gasteiger partial charge in [0.25, 0.3) is 0 Å². The van der Waals surface area contributed by atoms with Crippen LogP contribution in [0.15, 0.2) is 24.3 Å². The highest BCUT2D eigenvalue weighted by Gasteiger charge is 2.21. The molecule has 2 rings (SSSR count). The molecule has 0 N–H and O–H groups in total. The largest absolute Gasteiger partial charge is 0.489 e. The number of hydrogen-bond acceptors (Lipinski definition) is 2. The van der Waals surface area contributed by atoms with Crippen molar-refractivity contribution in [2.24, 2.45) is 5.92 Å². The first-order valence-corrected chi connectivity index (χ1v) is 7.84. The molecule has 0 aromatic heterocycles. The van der Waals surface area contributed by atoms with Crippen LogP contribution in [0.3, 0.4) is 0 Å². The molecule has 1 atom stereocenters. The average Bonchev–Trinajstić information content (AvgIpc) is 2.74. The van der Waals surface area contributed by atoms with Crippen molar-refractivity contribution >= 4 is 0 Å². The average molecular weight is 277 g/mol. The summed E-state index contributed by atoms with van der Waals surface area (Å²) in [6.07, 6.45) is 1.51. The Morgan fingerprint density at radius 3 is 2.20 bits per heavy atom. The van der Waals surface area contributed by atoms with E-state index < -0.39 is 0 Å². The fourth-order valence-electron chi connectivity index (χ4n) is 2.24. The molecule has 0 aliphatic carbocycles. The molecule has 1 aliphatic heterocycles. The van der Waals surface area contributed by atoms with E-state index in [9.17, 15) is 0 Å². The monoisotopic (exact) mass is 277 g/mol. The predicted molar refractivity (Wildman–Crippen MR) is 87.6 cm³/mol. The molecular weight excluding hydrogens is 246 g/mol. The quantitative estimate of drug-likeness (QED) is 0.803. The van der Waals surface area contributed by atoms with Crippen LogP contribution in [0.1, 0.15) is 52.5 Å². The van der Waals surface area contributed by atoms with Crippen molar-refractivity contribution in [3.05, 3.63) is 29.8 Å². The summed E-state index contributed by atoms with van der Waals surface area (Å²) < 4.78 is 6.10. The first-order chi connectivity index (χ1) is 9.40. The number of ether oxygens (including phenoxy) is 1. The van der Waals surface area contributed by atoms with E-state index in [1.54, 1.807) is 0 Å². The summed E-state index contributed by atoms with van der Waals surface area (Å²) in [4.78, 5) is 2.32. The van der Waals surface area contributed by atoms with Gasteiger partial charge < -0.3 is 9.64 Å². The smallest absolute Gasteiger partial charge is 0.123 e. The number of para-hydroxylation sites is 1. The minimum atomic E-state index is 0.366. The van der Waals surface area contributed by atoms with Gasteiger partial charge in [-0.25, -0.2) is 0 Å². The minimum Gasteiger partial charge on any atom is -0.489 e. The van der Waals surface area contributed by atoms with Gasteiger partial charge in [0.05, 0.1) is 0 Å². The normalized spacial score (nSPS) is 19.1. The van der Waals surface area contributed by atoms with E-state index in [2.05, 4.69) is 70.8 Å². The minimum absolute atomic E-state index is 0.366. The van der Waals surface area contributed by atoms with Crippen LogP contribution >= 0.6 is 0 Å². The highest BCUT2D eigenvalue weighted by Crippen LogP contribution is 2.28. The highest BCUT2D eigenvalue weighted by molar-refractivity contribution is 5.35. The first kappa shape index (κ1) is 17.0. The summed E-state index contributed by atoms with van der Waals surface area (Å²) in [5.41, 5.74) is 1.32. The van der Waals surface area contributed by atoms with E-state index >= 15 is 0 Å². The third-order valence-electron chi connectivity index (χ3n) is 3.18. The van der Waals surface area contributed by atoms with E-state index in [-0.39, 0.29) is 0 Å². The lowest BCUT2D eigenvalue weighted by atomic mass is 10.0. The summed E-state index contributed by atoms with van der Waals surface area (Å²) in [5.74, 6) is 2.42. The van der Waals surface area contributed by atoms with E-state index in [0.29, 0.717) is 12.0 Å². The van der Waals surface area contributed by atoms with Crippen LogP contribution in [0.25, 0.3) is 0 Å².